The van der Waals surface area contributed by atoms with E-state index in [0.717, 1.165) is 47.9 Å². The molecule has 2 aromatic carbocycles. The molecule has 0 radical (unpaired) electrons. The summed E-state index contributed by atoms with van der Waals surface area (Å²) in [7, 11) is 0. The minimum absolute atomic E-state index is 0.262. The summed E-state index contributed by atoms with van der Waals surface area (Å²) in [6.07, 6.45) is 2.46. The predicted octanol–water partition coefficient (Wildman–Crippen LogP) is 3.67. The molecule has 2 heterocycles. The van der Waals surface area contributed by atoms with E-state index >= 15 is 0 Å². The fourth-order valence-electron chi connectivity index (χ4n) is 3.26. The number of anilines is 2. The monoisotopic (exact) mass is 348 g/mol. The summed E-state index contributed by atoms with van der Waals surface area (Å²) >= 11 is 0. The predicted molar refractivity (Wildman–Crippen MR) is 101 cm³/mol. The molecular weight excluding hydrogens is 328 g/mol. The Balaban J connectivity index is 1.66. The number of para-hydroxylation sites is 1. The van der Waals surface area contributed by atoms with Gasteiger partial charge in [0.25, 0.3) is 0 Å². The van der Waals surface area contributed by atoms with Crippen molar-refractivity contribution in [3.8, 4) is 0 Å². The van der Waals surface area contributed by atoms with E-state index < -0.39 is 5.97 Å². The zero-order valence-electron chi connectivity index (χ0n) is 14.4. The van der Waals surface area contributed by atoms with Crippen LogP contribution in [0.25, 0.3) is 10.9 Å². The molecule has 0 atom stereocenters. The molecule has 0 bridgehead atoms. The Hall–Kier alpha value is -2.99. The highest BCUT2D eigenvalue weighted by Crippen LogP contribution is 2.25. The molecular formula is C20H20N4O2. The van der Waals surface area contributed by atoms with Crippen LogP contribution in [0.5, 0.6) is 0 Å². The number of aromatic nitrogens is 2. The molecule has 2 N–H and O–H groups in total. The average molecular weight is 348 g/mol. The molecule has 3 aromatic rings. The van der Waals surface area contributed by atoms with Crippen LogP contribution in [0.4, 0.5) is 11.5 Å². The third kappa shape index (κ3) is 3.50. The van der Waals surface area contributed by atoms with Gasteiger partial charge < -0.3 is 10.4 Å². The van der Waals surface area contributed by atoms with Crippen molar-refractivity contribution in [1.82, 2.24) is 14.9 Å². The Morgan fingerprint density at radius 1 is 1.04 bits per heavy atom. The van der Waals surface area contributed by atoms with Gasteiger partial charge >= 0.3 is 5.97 Å². The number of aromatic carboxylic acids is 1. The highest BCUT2D eigenvalue weighted by molar-refractivity contribution is 5.91. The maximum atomic E-state index is 11.0. The smallest absolute Gasteiger partial charge is 0.335 e. The van der Waals surface area contributed by atoms with Gasteiger partial charge in [0, 0.05) is 11.1 Å². The number of fused-ring (bicyclic) bond motifs is 1. The summed E-state index contributed by atoms with van der Waals surface area (Å²) in [5.74, 6) is 0.611. The van der Waals surface area contributed by atoms with Gasteiger partial charge in [0.05, 0.1) is 17.6 Å². The zero-order chi connectivity index (χ0) is 17.9. The molecule has 1 aromatic heterocycles. The van der Waals surface area contributed by atoms with Crippen molar-refractivity contribution in [3.05, 3.63) is 59.9 Å². The van der Waals surface area contributed by atoms with Crippen molar-refractivity contribution in [2.75, 3.05) is 18.4 Å². The van der Waals surface area contributed by atoms with Crippen LogP contribution < -0.4 is 5.32 Å². The summed E-state index contributed by atoms with van der Waals surface area (Å²) in [4.78, 5) is 22.8. The van der Waals surface area contributed by atoms with Crippen LogP contribution in [0.3, 0.4) is 0 Å². The van der Waals surface area contributed by atoms with Crippen molar-refractivity contribution < 1.29 is 9.90 Å². The van der Waals surface area contributed by atoms with Gasteiger partial charge in [-0.15, -0.1) is 0 Å². The van der Waals surface area contributed by atoms with Crippen LogP contribution in [0.15, 0.2) is 48.5 Å². The molecule has 0 unspecified atom stereocenters. The van der Waals surface area contributed by atoms with Gasteiger partial charge in [0.2, 0.25) is 0 Å². The summed E-state index contributed by atoms with van der Waals surface area (Å²) in [5.41, 5.74) is 1.96. The molecule has 0 aliphatic carbocycles. The molecule has 6 nitrogen and oxygen atoms in total. The SMILES string of the molecule is O=C(O)c1ccc(Nc2nc(CN3CCCC3)nc3ccccc23)cc1. The molecule has 1 saturated heterocycles. The van der Waals surface area contributed by atoms with E-state index in [4.69, 9.17) is 15.1 Å². The second-order valence-corrected chi connectivity index (χ2v) is 6.50. The van der Waals surface area contributed by atoms with Gasteiger partial charge in [-0.3, -0.25) is 4.90 Å². The molecule has 0 saturated carbocycles. The van der Waals surface area contributed by atoms with E-state index in [1.165, 1.54) is 12.8 Å². The van der Waals surface area contributed by atoms with E-state index in [-0.39, 0.29) is 5.56 Å². The number of nitrogens with one attached hydrogen (secondary N) is 1. The normalized spacial score (nSPS) is 14.6. The Morgan fingerprint density at radius 3 is 2.50 bits per heavy atom. The van der Waals surface area contributed by atoms with Crippen LogP contribution in [0, 0.1) is 0 Å². The van der Waals surface area contributed by atoms with E-state index in [1.54, 1.807) is 24.3 Å². The third-order valence-electron chi connectivity index (χ3n) is 4.61. The minimum Gasteiger partial charge on any atom is -0.478 e. The van der Waals surface area contributed by atoms with Crippen molar-refractivity contribution in [2.24, 2.45) is 0 Å². The number of carbonyl (C=O) groups is 1. The third-order valence-corrected chi connectivity index (χ3v) is 4.61. The highest BCUT2D eigenvalue weighted by atomic mass is 16.4. The lowest BCUT2D eigenvalue weighted by Crippen LogP contribution is -2.20. The van der Waals surface area contributed by atoms with Crippen LogP contribution in [0.2, 0.25) is 0 Å². The molecule has 1 aliphatic rings. The Labute approximate surface area is 151 Å². The van der Waals surface area contributed by atoms with E-state index in [0.29, 0.717) is 0 Å². The first-order valence-electron chi connectivity index (χ1n) is 8.77. The van der Waals surface area contributed by atoms with Crippen LogP contribution >= 0.6 is 0 Å². The van der Waals surface area contributed by atoms with Crippen LogP contribution in [-0.4, -0.2) is 39.0 Å². The van der Waals surface area contributed by atoms with Crippen molar-refractivity contribution in [3.63, 3.8) is 0 Å². The highest BCUT2D eigenvalue weighted by Gasteiger charge is 2.15. The van der Waals surface area contributed by atoms with Gasteiger partial charge in [0.15, 0.2) is 0 Å². The number of carboxylic acid groups (broad SMARTS) is 1. The average Bonchev–Trinajstić information content (AvgIpc) is 3.15. The standard InChI is InChI=1S/C20H20N4O2/c25-20(26)14-7-9-15(10-8-14)21-19-16-5-1-2-6-17(16)22-18(23-19)13-24-11-3-4-12-24/h1-2,5-10H,3-4,11-13H2,(H,25,26)(H,21,22,23). The number of nitrogens with zero attached hydrogens (tertiary/aromatic N) is 3. The van der Waals surface area contributed by atoms with Crippen molar-refractivity contribution >= 4 is 28.4 Å². The van der Waals surface area contributed by atoms with E-state index in [1.807, 2.05) is 24.3 Å². The van der Waals surface area contributed by atoms with Gasteiger partial charge in [-0.1, -0.05) is 12.1 Å². The van der Waals surface area contributed by atoms with Gasteiger partial charge in [-0.25, -0.2) is 14.8 Å². The Bertz CT molecular complexity index is 934. The fourth-order valence-corrected chi connectivity index (χ4v) is 3.26. The van der Waals surface area contributed by atoms with Crippen LogP contribution in [-0.2, 0) is 6.54 Å². The molecule has 26 heavy (non-hydrogen) atoms. The summed E-state index contributed by atoms with van der Waals surface area (Å²) in [6.45, 7) is 2.93. The molecule has 6 heteroatoms. The van der Waals surface area contributed by atoms with Gasteiger partial charge in [-0.2, -0.15) is 0 Å². The topological polar surface area (TPSA) is 78.3 Å². The van der Waals surface area contributed by atoms with E-state index in [2.05, 4.69) is 10.2 Å². The second kappa shape index (κ2) is 7.09. The van der Waals surface area contributed by atoms with Gasteiger partial charge in [0.1, 0.15) is 11.6 Å². The number of likely N-dealkylation sites (tertiary alicyclic amines) is 1. The zero-order valence-corrected chi connectivity index (χ0v) is 14.4. The molecule has 1 fully saturated rings. The molecule has 132 valence electrons. The lowest BCUT2D eigenvalue weighted by Gasteiger charge is -2.15. The summed E-state index contributed by atoms with van der Waals surface area (Å²) < 4.78 is 0. The largest absolute Gasteiger partial charge is 0.478 e. The number of hydrogen-bond acceptors (Lipinski definition) is 5. The number of benzene rings is 2. The van der Waals surface area contributed by atoms with E-state index in [9.17, 15) is 4.79 Å². The maximum Gasteiger partial charge on any atom is 0.335 e. The Kier molecular flexibility index (Phi) is 4.50. The minimum atomic E-state index is -0.933. The fraction of sp³-hybridized carbons (Fsp3) is 0.250. The lowest BCUT2D eigenvalue weighted by atomic mass is 10.2. The lowest BCUT2D eigenvalue weighted by molar-refractivity contribution is 0.0697. The molecule has 4 rings (SSSR count). The van der Waals surface area contributed by atoms with Crippen molar-refractivity contribution in [2.45, 2.75) is 19.4 Å². The molecule has 0 spiro atoms. The Morgan fingerprint density at radius 2 is 1.77 bits per heavy atom. The first-order chi connectivity index (χ1) is 12.7. The van der Waals surface area contributed by atoms with Crippen LogP contribution in [0.1, 0.15) is 29.0 Å². The number of hydrogen-bond donors (Lipinski definition) is 2. The number of rotatable bonds is 5. The number of carboxylic acids is 1. The first kappa shape index (κ1) is 16.5. The van der Waals surface area contributed by atoms with Crippen molar-refractivity contribution in [1.29, 1.82) is 0 Å². The maximum absolute atomic E-state index is 11.0. The first-order valence-corrected chi connectivity index (χ1v) is 8.77. The summed E-state index contributed by atoms with van der Waals surface area (Å²) in [5, 5.41) is 13.3. The molecule has 0 amide bonds. The second-order valence-electron chi connectivity index (χ2n) is 6.50. The summed E-state index contributed by atoms with van der Waals surface area (Å²) in [6, 6.07) is 14.6. The quantitative estimate of drug-likeness (QED) is 0.732. The molecule has 1 aliphatic heterocycles. The van der Waals surface area contributed by atoms with Gasteiger partial charge in [-0.05, 0) is 62.3 Å².